The molecular formula is C11H18O. The monoisotopic (exact) mass is 166 g/mol. The standard InChI is InChI=1S/C11H18O/c1-3-4-5-6-10-9(2)7-8-11(10)12/h5-6,9-10H,3-4,7-8H2,1-2H3. The highest BCUT2D eigenvalue weighted by atomic mass is 16.1. The summed E-state index contributed by atoms with van der Waals surface area (Å²) in [5.41, 5.74) is 0. The van der Waals surface area contributed by atoms with E-state index in [1.54, 1.807) is 0 Å². The van der Waals surface area contributed by atoms with Gasteiger partial charge >= 0.3 is 0 Å². The van der Waals surface area contributed by atoms with Crippen LogP contribution in [0, 0.1) is 11.8 Å². The lowest BCUT2D eigenvalue weighted by Gasteiger charge is -2.07. The molecule has 0 heterocycles. The Morgan fingerprint density at radius 3 is 2.83 bits per heavy atom. The molecule has 0 aromatic carbocycles. The van der Waals surface area contributed by atoms with Gasteiger partial charge in [0.2, 0.25) is 0 Å². The third-order valence-electron chi connectivity index (χ3n) is 2.63. The van der Waals surface area contributed by atoms with Gasteiger partial charge in [-0.15, -0.1) is 0 Å². The predicted octanol–water partition coefficient (Wildman–Crippen LogP) is 2.96. The van der Waals surface area contributed by atoms with Crippen LogP contribution in [-0.2, 0) is 4.79 Å². The fourth-order valence-electron chi connectivity index (χ4n) is 1.74. The second kappa shape index (κ2) is 4.44. The molecule has 1 aliphatic rings. The van der Waals surface area contributed by atoms with Crippen molar-refractivity contribution in [2.24, 2.45) is 11.8 Å². The number of carbonyl (C=O) groups excluding carboxylic acids is 1. The smallest absolute Gasteiger partial charge is 0.139 e. The average molecular weight is 166 g/mol. The molecule has 0 N–H and O–H groups in total. The van der Waals surface area contributed by atoms with Crippen molar-refractivity contribution < 1.29 is 4.79 Å². The van der Waals surface area contributed by atoms with Crippen LogP contribution in [0.3, 0.4) is 0 Å². The Labute approximate surface area is 74.9 Å². The number of allylic oxidation sites excluding steroid dienone is 2. The van der Waals surface area contributed by atoms with Gasteiger partial charge in [-0.1, -0.05) is 32.4 Å². The molecule has 2 atom stereocenters. The minimum atomic E-state index is 0.233. The summed E-state index contributed by atoms with van der Waals surface area (Å²) in [7, 11) is 0. The summed E-state index contributed by atoms with van der Waals surface area (Å²) in [5, 5.41) is 0. The SMILES string of the molecule is CCCC=CC1C(=O)CCC1C. The van der Waals surface area contributed by atoms with E-state index >= 15 is 0 Å². The second-order valence-electron chi connectivity index (χ2n) is 3.72. The van der Waals surface area contributed by atoms with Gasteiger partial charge in [0.15, 0.2) is 0 Å². The van der Waals surface area contributed by atoms with Crippen molar-refractivity contribution in [3.8, 4) is 0 Å². The van der Waals surface area contributed by atoms with Crippen LogP contribution in [0.4, 0.5) is 0 Å². The molecule has 12 heavy (non-hydrogen) atoms. The molecule has 0 aromatic rings. The third-order valence-corrected chi connectivity index (χ3v) is 2.63. The molecule has 0 saturated heterocycles. The Balaban J connectivity index is 2.44. The van der Waals surface area contributed by atoms with Crippen molar-refractivity contribution in [2.45, 2.75) is 39.5 Å². The highest BCUT2D eigenvalue weighted by Crippen LogP contribution is 2.29. The minimum Gasteiger partial charge on any atom is -0.299 e. The van der Waals surface area contributed by atoms with Crippen LogP contribution in [0.25, 0.3) is 0 Å². The Morgan fingerprint density at radius 2 is 2.33 bits per heavy atom. The number of ketones is 1. The number of hydrogen-bond donors (Lipinski definition) is 0. The van der Waals surface area contributed by atoms with E-state index in [2.05, 4.69) is 26.0 Å². The van der Waals surface area contributed by atoms with E-state index in [9.17, 15) is 4.79 Å². The number of Topliss-reactive ketones (excluding diaryl/α,β-unsaturated/α-hetero) is 1. The first kappa shape index (κ1) is 9.50. The first-order chi connectivity index (χ1) is 5.75. The third kappa shape index (κ3) is 2.20. The quantitative estimate of drug-likeness (QED) is 0.589. The van der Waals surface area contributed by atoms with Crippen molar-refractivity contribution in [1.82, 2.24) is 0 Å². The fourth-order valence-corrected chi connectivity index (χ4v) is 1.74. The van der Waals surface area contributed by atoms with Gasteiger partial charge in [-0.2, -0.15) is 0 Å². The normalized spacial score (nSPS) is 30.3. The molecule has 1 saturated carbocycles. The molecule has 1 fully saturated rings. The summed E-state index contributed by atoms with van der Waals surface area (Å²) in [5.74, 6) is 1.25. The number of unbranched alkanes of at least 4 members (excludes halogenated alkanes) is 1. The molecular weight excluding hydrogens is 148 g/mol. The van der Waals surface area contributed by atoms with E-state index in [4.69, 9.17) is 0 Å². The lowest BCUT2D eigenvalue weighted by atomic mass is 9.97. The van der Waals surface area contributed by atoms with Crippen LogP contribution in [0.2, 0.25) is 0 Å². The van der Waals surface area contributed by atoms with Crippen molar-refractivity contribution in [2.75, 3.05) is 0 Å². The van der Waals surface area contributed by atoms with E-state index < -0.39 is 0 Å². The molecule has 0 aliphatic heterocycles. The van der Waals surface area contributed by atoms with Crippen LogP contribution in [0.15, 0.2) is 12.2 Å². The molecule has 2 unspecified atom stereocenters. The van der Waals surface area contributed by atoms with Crippen molar-refractivity contribution in [3.05, 3.63) is 12.2 Å². The zero-order valence-electron chi connectivity index (χ0n) is 8.05. The van der Waals surface area contributed by atoms with Gasteiger partial charge in [-0.25, -0.2) is 0 Å². The maximum atomic E-state index is 11.3. The maximum Gasteiger partial charge on any atom is 0.139 e. The van der Waals surface area contributed by atoms with Gasteiger partial charge in [0.25, 0.3) is 0 Å². The zero-order valence-corrected chi connectivity index (χ0v) is 8.05. The van der Waals surface area contributed by atoms with Crippen molar-refractivity contribution >= 4 is 5.78 Å². The highest BCUT2D eigenvalue weighted by molar-refractivity contribution is 5.84. The molecule has 0 bridgehead atoms. The molecule has 0 aromatic heterocycles. The summed E-state index contributed by atoms with van der Waals surface area (Å²) >= 11 is 0. The topological polar surface area (TPSA) is 17.1 Å². The zero-order chi connectivity index (χ0) is 8.97. The van der Waals surface area contributed by atoms with E-state index in [0.29, 0.717) is 11.7 Å². The summed E-state index contributed by atoms with van der Waals surface area (Å²) < 4.78 is 0. The fraction of sp³-hybridized carbons (Fsp3) is 0.727. The first-order valence-corrected chi connectivity index (χ1v) is 4.95. The lowest BCUT2D eigenvalue weighted by molar-refractivity contribution is -0.119. The summed E-state index contributed by atoms with van der Waals surface area (Å²) in [6, 6.07) is 0. The average Bonchev–Trinajstić information content (AvgIpc) is 2.35. The van der Waals surface area contributed by atoms with Crippen LogP contribution < -0.4 is 0 Å². The van der Waals surface area contributed by atoms with E-state index in [1.165, 1.54) is 6.42 Å². The summed E-state index contributed by atoms with van der Waals surface area (Å²) in [4.78, 5) is 11.3. The maximum absolute atomic E-state index is 11.3. The van der Waals surface area contributed by atoms with Gasteiger partial charge in [0.05, 0.1) is 0 Å². The summed E-state index contributed by atoms with van der Waals surface area (Å²) in [6.45, 7) is 4.33. The molecule has 1 aliphatic carbocycles. The molecule has 68 valence electrons. The largest absolute Gasteiger partial charge is 0.299 e. The van der Waals surface area contributed by atoms with Crippen LogP contribution >= 0.6 is 0 Å². The van der Waals surface area contributed by atoms with Crippen molar-refractivity contribution in [1.29, 1.82) is 0 Å². The number of hydrogen-bond acceptors (Lipinski definition) is 1. The Kier molecular flexibility index (Phi) is 3.51. The van der Waals surface area contributed by atoms with E-state index in [0.717, 1.165) is 19.3 Å². The Morgan fingerprint density at radius 1 is 1.58 bits per heavy atom. The molecule has 0 spiro atoms. The molecule has 1 nitrogen and oxygen atoms in total. The number of rotatable bonds is 3. The van der Waals surface area contributed by atoms with E-state index in [-0.39, 0.29) is 5.92 Å². The number of carbonyl (C=O) groups is 1. The predicted molar refractivity (Wildman–Crippen MR) is 50.9 cm³/mol. The van der Waals surface area contributed by atoms with Gasteiger partial charge in [0.1, 0.15) is 5.78 Å². The minimum absolute atomic E-state index is 0.233. The molecule has 0 amide bonds. The van der Waals surface area contributed by atoms with Crippen LogP contribution in [-0.4, -0.2) is 5.78 Å². The molecule has 1 rings (SSSR count). The highest BCUT2D eigenvalue weighted by Gasteiger charge is 2.28. The second-order valence-corrected chi connectivity index (χ2v) is 3.72. The Hall–Kier alpha value is -0.590. The van der Waals surface area contributed by atoms with Crippen LogP contribution in [0.1, 0.15) is 39.5 Å². The van der Waals surface area contributed by atoms with Gasteiger partial charge in [-0.05, 0) is 18.8 Å². The van der Waals surface area contributed by atoms with Gasteiger partial charge < -0.3 is 0 Å². The Bertz CT molecular complexity index is 181. The van der Waals surface area contributed by atoms with E-state index in [1.807, 2.05) is 0 Å². The van der Waals surface area contributed by atoms with Crippen LogP contribution in [0.5, 0.6) is 0 Å². The van der Waals surface area contributed by atoms with Crippen molar-refractivity contribution in [3.63, 3.8) is 0 Å². The van der Waals surface area contributed by atoms with Gasteiger partial charge in [0, 0.05) is 12.3 Å². The summed E-state index contributed by atoms with van der Waals surface area (Å²) in [6.07, 6.45) is 8.43. The first-order valence-electron chi connectivity index (χ1n) is 4.95. The molecule has 1 heteroatoms. The molecule has 0 radical (unpaired) electrons. The lowest BCUT2D eigenvalue weighted by Crippen LogP contribution is -2.08. The van der Waals surface area contributed by atoms with Gasteiger partial charge in [-0.3, -0.25) is 4.79 Å².